The number of ether oxygens (including phenoxy) is 1. The van der Waals surface area contributed by atoms with Crippen molar-refractivity contribution in [2.24, 2.45) is 0 Å². The lowest BCUT2D eigenvalue weighted by Crippen LogP contribution is -2.16. The van der Waals surface area contributed by atoms with E-state index in [0.29, 0.717) is 16.9 Å². The highest BCUT2D eigenvalue weighted by Gasteiger charge is 2.25. The van der Waals surface area contributed by atoms with E-state index in [-0.39, 0.29) is 17.7 Å². The fourth-order valence-corrected chi connectivity index (χ4v) is 3.22. The number of alkyl halides is 1. The molecule has 1 N–H and O–H groups in total. The Balaban J connectivity index is 2.09. The van der Waals surface area contributed by atoms with Gasteiger partial charge < -0.3 is 10.1 Å². The second-order valence-electron chi connectivity index (χ2n) is 7.88. The van der Waals surface area contributed by atoms with Gasteiger partial charge in [0.2, 0.25) is 0 Å². The van der Waals surface area contributed by atoms with Gasteiger partial charge in [-0.25, -0.2) is 9.07 Å². The number of allylic oxidation sites excluding steroid dienone is 1. The number of rotatable bonds is 5. The van der Waals surface area contributed by atoms with E-state index in [1.165, 1.54) is 18.2 Å². The zero-order valence-electron chi connectivity index (χ0n) is 16.8. The van der Waals surface area contributed by atoms with Crippen LogP contribution in [0, 0.1) is 24.2 Å². The van der Waals surface area contributed by atoms with Crippen LogP contribution in [-0.2, 0) is 0 Å². The number of aromatic nitrogens is 2. The topological polar surface area (TPSA) is 49.0 Å². The zero-order valence-corrected chi connectivity index (χ0v) is 17.8. The third-order valence-electron chi connectivity index (χ3n) is 4.17. The Morgan fingerprint density at radius 1 is 1.36 bits per heavy atom. The smallest absolute Gasteiger partial charge is 0.259 e. The van der Waals surface area contributed by atoms with Crippen LogP contribution in [0.15, 0.2) is 30.4 Å². The van der Waals surface area contributed by atoms with Crippen LogP contribution >= 0.6 is 0 Å². The summed E-state index contributed by atoms with van der Waals surface area (Å²) in [5, 5.41) is 7.58. The summed E-state index contributed by atoms with van der Waals surface area (Å²) in [6, 6.07) is 4.97. The molecule has 148 valence electrons. The maximum atomic E-state index is 14.2. The van der Waals surface area contributed by atoms with Crippen LogP contribution < -0.4 is 10.1 Å². The van der Waals surface area contributed by atoms with Gasteiger partial charge in [0.25, 0.3) is 12.2 Å². The summed E-state index contributed by atoms with van der Waals surface area (Å²) >= 11 is 0. The van der Waals surface area contributed by atoms with E-state index in [1.807, 2.05) is 13.0 Å². The molecule has 28 heavy (non-hydrogen) atoms. The number of nitrogens with one attached hydrogen (secondary N) is 1. The Kier molecular flexibility index (Phi) is 5.73. The molecular formula is C21H25F2N3OSi. The van der Waals surface area contributed by atoms with Crippen molar-refractivity contribution >= 4 is 8.07 Å². The highest BCUT2D eigenvalue weighted by Crippen LogP contribution is 2.29. The Hall–Kier alpha value is -2.43. The van der Waals surface area contributed by atoms with E-state index in [0.717, 1.165) is 12.1 Å². The van der Waals surface area contributed by atoms with Gasteiger partial charge in [-0.05, 0) is 43.7 Å². The van der Waals surface area contributed by atoms with Crippen LogP contribution in [0.1, 0.15) is 29.8 Å². The van der Waals surface area contributed by atoms with Crippen molar-refractivity contribution in [2.75, 3.05) is 6.54 Å². The van der Waals surface area contributed by atoms with Crippen molar-refractivity contribution in [3.05, 3.63) is 53.0 Å². The highest BCUT2D eigenvalue weighted by molar-refractivity contribution is 6.83. The average Bonchev–Trinajstić information content (AvgIpc) is 3.38. The molecule has 7 heteroatoms. The molecule has 1 saturated heterocycles. The number of hydrogen-bond donors (Lipinski definition) is 1. The normalized spacial score (nSPS) is 17.3. The minimum absolute atomic E-state index is 0.115. The monoisotopic (exact) mass is 401 g/mol. The molecule has 4 nitrogen and oxygen atoms in total. The van der Waals surface area contributed by atoms with Crippen LogP contribution in [0.2, 0.25) is 19.6 Å². The molecular weight excluding hydrogens is 376 g/mol. The summed E-state index contributed by atoms with van der Waals surface area (Å²) in [5.74, 6) is 2.90. The molecule has 2 aromatic rings. The summed E-state index contributed by atoms with van der Waals surface area (Å²) in [5.41, 5.74) is 5.92. The summed E-state index contributed by atoms with van der Waals surface area (Å²) < 4.78 is 35.2. The summed E-state index contributed by atoms with van der Waals surface area (Å²) in [7, 11) is -1.67. The number of nitrogens with zero attached hydrogens (tertiary/aromatic N) is 2. The predicted octanol–water partition coefficient (Wildman–Crippen LogP) is 4.44. The summed E-state index contributed by atoms with van der Waals surface area (Å²) in [6.07, 6.45) is 1.24. The van der Waals surface area contributed by atoms with Gasteiger partial charge in [0, 0.05) is 12.6 Å². The van der Waals surface area contributed by atoms with Crippen molar-refractivity contribution in [1.82, 2.24) is 15.1 Å². The van der Waals surface area contributed by atoms with E-state index in [9.17, 15) is 8.78 Å². The predicted molar refractivity (Wildman–Crippen MR) is 110 cm³/mol. The molecule has 1 aliphatic heterocycles. The van der Waals surface area contributed by atoms with E-state index >= 15 is 0 Å². The molecule has 0 spiro atoms. The molecule has 0 bridgehead atoms. The van der Waals surface area contributed by atoms with Crippen molar-refractivity contribution in [1.29, 1.82) is 0 Å². The van der Waals surface area contributed by atoms with Gasteiger partial charge >= 0.3 is 0 Å². The quantitative estimate of drug-likeness (QED) is 0.349. The van der Waals surface area contributed by atoms with Gasteiger partial charge in [0.05, 0.1) is 11.4 Å². The lowest BCUT2D eigenvalue weighted by Gasteiger charge is -2.07. The Labute approximate surface area is 165 Å². The Bertz CT molecular complexity index is 962. The minimum atomic E-state index is -1.67. The molecule has 1 aromatic heterocycles. The molecule has 2 atom stereocenters. The van der Waals surface area contributed by atoms with Crippen LogP contribution in [0.5, 0.6) is 5.88 Å². The zero-order chi connectivity index (χ0) is 20.5. The summed E-state index contributed by atoms with van der Waals surface area (Å²) in [4.78, 5) is 0. The second kappa shape index (κ2) is 7.90. The van der Waals surface area contributed by atoms with Gasteiger partial charge in [0.1, 0.15) is 19.5 Å². The molecule has 2 unspecified atom stereocenters. The van der Waals surface area contributed by atoms with Crippen molar-refractivity contribution in [2.45, 2.75) is 45.9 Å². The lowest BCUT2D eigenvalue weighted by atomic mass is 10.1. The first-order chi connectivity index (χ1) is 13.2. The maximum Gasteiger partial charge on any atom is 0.259 e. The Morgan fingerprint density at radius 3 is 2.68 bits per heavy atom. The van der Waals surface area contributed by atoms with Gasteiger partial charge in [-0.1, -0.05) is 31.6 Å². The standard InChI is InChI=1S/C21H25F2N3OSi/c1-6-7-20(23)27-21-18(8-9-28(3,4)5)14(2)26(25-21)17-11-15(19-13-24-19)10-16(22)12-17/h6-7,10-12,19-20,24H,13H2,1-5H3/b7-6+. The van der Waals surface area contributed by atoms with E-state index in [1.54, 1.807) is 17.7 Å². The molecule has 0 amide bonds. The van der Waals surface area contributed by atoms with Crippen molar-refractivity contribution < 1.29 is 13.5 Å². The number of halogens is 2. The first kappa shape index (κ1) is 20.3. The lowest BCUT2D eigenvalue weighted by molar-refractivity contribution is 0.107. The van der Waals surface area contributed by atoms with Crippen molar-refractivity contribution in [3.8, 4) is 23.0 Å². The number of hydrogen-bond acceptors (Lipinski definition) is 3. The van der Waals surface area contributed by atoms with Gasteiger partial charge in [-0.2, -0.15) is 4.39 Å². The first-order valence-electron chi connectivity index (χ1n) is 9.28. The molecule has 1 aliphatic rings. The molecule has 2 heterocycles. The van der Waals surface area contributed by atoms with E-state index in [2.05, 4.69) is 41.5 Å². The first-order valence-corrected chi connectivity index (χ1v) is 12.8. The fraction of sp³-hybridized carbons (Fsp3) is 0.381. The summed E-state index contributed by atoms with van der Waals surface area (Å²) in [6.45, 7) is 10.7. The fourth-order valence-electron chi connectivity index (χ4n) is 2.72. The Morgan fingerprint density at radius 2 is 2.07 bits per heavy atom. The van der Waals surface area contributed by atoms with Crippen LogP contribution in [0.25, 0.3) is 5.69 Å². The largest absolute Gasteiger partial charge is 0.437 e. The van der Waals surface area contributed by atoms with E-state index < -0.39 is 14.4 Å². The van der Waals surface area contributed by atoms with Crippen molar-refractivity contribution in [3.63, 3.8) is 0 Å². The van der Waals surface area contributed by atoms with Gasteiger partial charge in [-0.3, -0.25) is 0 Å². The molecule has 3 rings (SSSR count). The average molecular weight is 402 g/mol. The van der Waals surface area contributed by atoms with E-state index in [4.69, 9.17) is 4.74 Å². The third kappa shape index (κ3) is 4.88. The number of benzene rings is 1. The van der Waals surface area contributed by atoms with Crippen LogP contribution in [0.4, 0.5) is 8.78 Å². The minimum Gasteiger partial charge on any atom is -0.437 e. The molecule has 1 aromatic carbocycles. The molecule has 0 saturated carbocycles. The SMILES string of the molecule is C/C=C/C(F)Oc1nn(-c2cc(F)cc(C3CN3)c2)c(C)c1C#C[Si](C)(C)C. The maximum absolute atomic E-state index is 14.2. The molecule has 1 fully saturated rings. The third-order valence-corrected chi connectivity index (χ3v) is 5.05. The highest BCUT2D eigenvalue weighted by atomic mass is 28.3. The van der Waals surface area contributed by atoms with Gasteiger partial charge in [0.15, 0.2) is 0 Å². The van der Waals surface area contributed by atoms with Gasteiger partial charge in [-0.15, -0.1) is 10.6 Å². The van der Waals surface area contributed by atoms with Crippen LogP contribution in [0.3, 0.4) is 0 Å². The molecule has 0 radical (unpaired) electrons. The second-order valence-corrected chi connectivity index (χ2v) is 12.6. The van der Waals surface area contributed by atoms with Crippen LogP contribution in [-0.4, -0.2) is 30.8 Å². The molecule has 0 aliphatic carbocycles.